The summed E-state index contributed by atoms with van der Waals surface area (Å²) in [4.78, 5) is 22.7. The molecule has 4 N–H and O–H groups in total. The maximum absolute atomic E-state index is 11.7. The van der Waals surface area contributed by atoms with Crippen LogP contribution >= 0.6 is 0 Å². The summed E-state index contributed by atoms with van der Waals surface area (Å²) in [5.41, 5.74) is -1.38. The van der Waals surface area contributed by atoms with Crippen LogP contribution in [0.4, 0.5) is 0 Å². The second kappa shape index (κ2) is 4.95. The highest BCUT2D eigenvalue weighted by molar-refractivity contribution is 6.07. The second-order valence-electron chi connectivity index (χ2n) is 3.90. The van der Waals surface area contributed by atoms with Gasteiger partial charge in [-0.1, -0.05) is 6.92 Å². The van der Waals surface area contributed by atoms with Gasteiger partial charge in [0.25, 0.3) is 0 Å². The summed E-state index contributed by atoms with van der Waals surface area (Å²) in [6.07, 6.45) is 0.546. The van der Waals surface area contributed by atoms with E-state index in [9.17, 15) is 24.9 Å². The number of aromatic hydroxyl groups is 3. The van der Waals surface area contributed by atoms with E-state index in [2.05, 4.69) is 0 Å². The lowest BCUT2D eigenvalue weighted by Crippen LogP contribution is -2.06. The van der Waals surface area contributed by atoms with Crippen LogP contribution in [-0.4, -0.2) is 32.2 Å². The number of carbonyl (C=O) groups excluding carboxylic acids is 1. The number of aromatic carboxylic acids is 1. The van der Waals surface area contributed by atoms with Gasteiger partial charge in [-0.25, -0.2) is 4.79 Å². The molecule has 0 bridgehead atoms. The summed E-state index contributed by atoms with van der Waals surface area (Å²) >= 11 is 0. The number of carbonyl (C=O) groups is 2. The molecule has 6 heteroatoms. The van der Waals surface area contributed by atoms with Crippen LogP contribution in [0, 0.1) is 6.92 Å². The third-order valence-electron chi connectivity index (χ3n) is 2.63. The molecule has 98 valence electrons. The maximum Gasteiger partial charge on any atom is 0.343 e. The van der Waals surface area contributed by atoms with Crippen molar-refractivity contribution in [3.8, 4) is 17.2 Å². The summed E-state index contributed by atoms with van der Waals surface area (Å²) in [7, 11) is 0. The molecule has 18 heavy (non-hydrogen) atoms. The summed E-state index contributed by atoms with van der Waals surface area (Å²) in [5, 5.41) is 37.9. The average molecular weight is 254 g/mol. The van der Waals surface area contributed by atoms with Crippen molar-refractivity contribution in [2.75, 3.05) is 0 Å². The number of hydrogen-bond acceptors (Lipinski definition) is 5. The molecule has 0 radical (unpaired) electrons. The van der Waals surface area contributed by atoms with Crippen LogP contribution in [0.25, 0.3) is 0 Å². The Balaban J connectivity index is 3.62. The third kappa shape index (κ3) is 2.09. The maximum atomic E-state index is 11.7. The van der Waals surface area contributed by atoms with E-state index in [0.717, 1.165) is 0 Å². The minimum absolute atomic E-state index is 0.0599. The van der Waals surface area contributed by atoms with Crippen LogP contribution in [0.3, 0.4) is 0 Å². The zero-order valence-corrected chi connectivity index (χ0v) is 10.0. The summed E-state index contributed by atoms with van der Waals surface area (Å²) in [6, 6.07) is 0. The van der Waals surface area contributed by atoms with Crippen LogP contribution in [0.5, 0.6) is 17.2 Å². The van der Waals surface area contributed by atoms with Gasteiger partial charge in [0.05, 0.1) is 0 Å². The van der Waals surface area contributed by atoms with E-state index in [1.54, 1.807) is 6.92 Å². The molecule has 0 unspecified atom stereocenters. The Hall–Kier alpha value is -2.24. The predicted molar refractivity (Wildman–Crippen MR) is 62.4 cm³/mol. The van der Waals surface area contributed by atoms with E-state index in [1.807, 2.05) is 0 Å². The standard InChI is InChI=1S/C12H14O6/c1-3-4-6(13)7-9(14)5(2)10(15)8(11(7)16)12(17)18/h14-16H,3-4H2,1-2H3,(H,17,18). The fourth-order valence-electron chi connectivity index (χ4n) is 1.66. The van der Waals surface area contributed by atoms with Crippen molar-refractivity contribution in [1.82, 2.24) is 0 Å². The Morgan fingerprint density at radius 3 is 1.94 bits per heavy atom. The summed E-state index contributed by atoms with van der Waals surface area (Å²) < 4.78 is 0. The van der Waals surface area contributed by atoms with Crippen LogP contribution in [0.2, 0.25) is 0 Å². The molecule has 0 saturated heterocycles. The first kappa shape index (κ1) is 13.8. The zero-order chi connectivity index (χ0) is 14.0. The van der Waals surface area contributed by atoms with E-state index < -0.39 is 40.1 Å². The van der Waals surface area contributed by atoms with Crippen molar-refractivity contribution < 1.29 is 30.0 Å². The number of rotatable bonds is 4. The highest BCUT2D eigenvalue weighted by atomic mass is 16.4. The van der Waals surface area contributed by atoms with Crippen LogP contribution < -0.4 is 0 Å². The number of phenols is 3. The molecule has 1 rings (SSSR count). The Labute approximate surface area is 103 Å². The van der Waals surface area contributed by atoms with Gasteiger partial charge in [-0.2, -0.15) is 0 Å². The number of Topliss-reactive ketones (excluding diaryl/α,β-unsaturated/α-hetero) is 1. The molecule has 0 fully saturated rings. The molecule has 0 amide bonds. The number of ketones is 1. The molecule has 0 saturated carbocycles. The van der Waals surface area contributed by atoms with Crippen molar-refractivity contribution in [3.05, 3.63) is 16.7 Å². The van der Waals surface area contributed by atoms with Gasteiger partial charge < -0.3 is 20.4 Å². The van der Waals surface area contributed by atoms with E-state index >= 15 is 0 Å². The van der Waals surface area contributed by atoms with E-state index in [4.69, 9.17) is 5.11 Å². The van der Waals surface area contributed by atoms with Gasteiger partial charge in [0.1, 0.15) is 28.4 Å². The molecule has 0 spiro atoms. The number of hydrogen-bond donors (Lipinski definition) is 4. The fourth-order valence-corrected chi connectivity index (χ4v) is 1.66. The molecular formula is C12H14O6. The lowest BCUT2D eigenvalue weighted by molar-refractivity contribution is 0.0690. The second-order valence-corrected chi connectivity index (χ2v) is 3.90. The van der Waals surface area contributed by atoms with Crippen LogP contribution in [-0.2, 0) is 0 Å². The summed E-state index contributed by atoms with van der Waals surface area (Å²) in [5.74, 6) is -4.38. The van der Waals surface area contributed by atoms with Crippen molar-refractivity contribution in [2.45, 2.75) is 26.7 Å². The monoisotopic (exact) mass is 254 g/mol. The van der Waals surface area contributed by atoms with Gasteiger partial charge in [0, 0.05) is 12.0 Å². The van der Waals surface area contributed by atoms with E-state index in [-0.39, 0.29) is 12.0 Å². The number of carboxylic acid groups (broad SMARTS) is 1. The Kier molecular flexibility index (Phi) is 3.80. The third-order valence-corrected chi connectivity index (χ3v) is 2.63. The molecular weight excluding hydrogens is 240 g/mol. The fraction of sp³-hybridized carbons (Fsp3) is 0.333. The lowest BCUT2D eigenvalue weighted by atomic mass is 9.96. The normalized spacial score (nSPS) is 10.3. The average Bonchev–Trinajstić information content (AvgIpc) is 2.26. The Morgan fingerprint density at radius 1 is 1.00 bits per heavy atom. The van der Waals surface area contributed by atoms with Crippen LogP contribution in [0.1, 0.15) is 46.0 Å². The predicted octanol–water partition coefficient (Wildman–Crippen LogP) is 1.79. The number of benzene rings is 1. The SMILES string of the molecule is CCCC(=O)c1c(O)c(C)c(O)c(C(=O)O)c1O. The molecule has 6 nitrogen and oxygen atoms in total. The highest BCUT2D eigenvalue weighted by Crippen LogP contribution is 2.41. The van der Waals surface area contributed by atoms with Gasteiger partial charge in [-0.3, -0.25) is 4.79 Å². The van der Waals surface area contributed by atoms with Crippen molar-refractivity contribution in [3.63, 3.8) is 0 Å². The minimum atomic E-state index is -1.57. The first-order valence-corrected chi connectivity index (χ1v) is 5.36. The molecule has 0 heterocycles. The lowest BCUT2D eigenvalue weighted by Gasteiger charge is -2.13. The van der Waals surface area contributed by atoms with Gasteiger partial charge >= 0.3 is 5.97 Å². The first-order chi connectivity index (χ1) is 8.32. The quantitative estimate of drug-likeness (QED) is 0.609. The van der Waals surface area contributed by atoms with Crippen molar-refractivity contribution >= 4 is 11.8 Å². The zero-order valence-electron chi connectivity index (χ0n) is 10.0. The molecule has 0 aliphatic rings. The summed E-state index contributed by atoms with van der Waals surface area (Å²) in [6.45, 7) is 3.00. The molecule has 1 aromatic rings. The van der Waals surface area contributed by atoms with Crippen molar-refractivity contribution in [2.24, 2.45) is 0 Å². The van der Waals surface area contributed by atoms with Gasteiger partial charge in [0.15, 0.2) is 5.78 Å². The molecule has 0 aliphatic carbocycles. The largest absolute Gasteiger partial charge is 0.507 e. The van der Waals surface area contributed by atoms with Gasteiger partial charge in [-0.15, -0.1) is 0 Å². The topological polar surface area (TPSA) is 115 Å². The Morgan fingerprint density at radius 2 is 1.50 bits per heavy atom. The molecule has 0 aliphatic heterocycles. The molecule has 0 aromatic heterocycles. The number of phenolic OH excluding ortho intramolecular Hbond substituents is 1. The van der Waals surface area contributed by atoms with E-state index in [0.29, 0.717) is 6.42 Å². The smallest absolute Gasteiger partial charge is 0.343 e. The number of carboxylic acids is 1. The molecule has 0 atom stereocenters. The van der Waals surface area contributed by atoms with Gasteiger partial charge in [-0.05, 0) is 13.3 Å². The van der Waals surface area contributed by atoms with E-state index in [1.165, 1.54) is 6.92 Å². The van der Waals surface area contributed by atoms with Crippen LogP contribution in [0.15, 0.2) is 0 Å². The molecule has 1 aromatic carbocycles. The minimum Gasteiger partial charge on any atom is -0.507 e. The highest BCUT2D eigenvalue weighted by Gasteiger charge is 2.28. The van der Waals surface area contributed by atoms with Gasteiger partial charge in [0.2, 0.25) is 0 Å². The first-order valence-electron chi connectivity index (χ1n) is 5.36. The Bertz CT molecular complexity index is 518. The van der Waals surface area contributed by atoms with Crippen molar-refractivity contribution in [1.29, 1.82) is 0 Å².